The maximum atomic E-state index is 13.0. The molecule has 7 nitrogen and oxygen atoms in total. The molecule has 0 saturated heterocycles. The van der Waals surface area contributed by atoms with Crippen molar-refractivity contribution < 1.29 is 13.9 Å². The van der Waals surface area contributed by atoms with Gasteiger partial charge in [-0.2, -0.15) is 0 Å². The molecule has 1 aliphatic heterocycles. The van der Waals surface area contributed by atoms with E-state index >= 15 is 0 Å². The lowest BCUT2D eigenvalue weighted by Gasteiger charge is -2.30. The number of hydrogen-bond donors (Lipinski definition) is 1. The number of carbonyl (C=O) groups excluding carboxylic acids is 1. The van der Waals surface area contributed by atoms with Crippen LogP contribution in [0.5, 0.6) is 5.75 Å². The van der Waals surface area contributed by atoms with Gasteiger partial charge in [0, 0.05) is 12.3 Å². The van der Waals surface area contributed by atoms with Gasteiger partial charge in [-0.1, -0.05) is 31.0 Å². The van der Waals surface area contributed by atoms with E-state index in [1.807, 2.05) is 0 Å². The summed E-state index contributed by atoms with van der Waals surface area (Å²) in [5.41, 5.74) is 0. The zero-order chi connectivity index (χ0) is 19.3. The van der Waals surface area contributed by atoms with Gasteiger partial charge in [0.2, 0.25) is 5.16 Å². The molecule has 2 amide bonds. The number of thioether (sulfide) groups is 1. The molecular formula is C19H24FN5O2S. The van der Waals surface area contributed by atoms with E-state index in [9.17, 15) is 9.18 Å². The second kappa shape index (κ2) is 8.81. The van der Waals surface area contributed by atoms with E-state index in [0.29, 0.717) is 35.7 Å². The van der Waals surface area contributed by atoms with Crippen LogP contribution in [0.15, 0.2) is 29.4 Å². The predicted octanol–water partition coefficient (Wildman–Crippen LogP) is 3.33. The number of hydrogen-bond acceptors (Lipinski definition) is 5. The van der Waals surface area contributed by atoms with Gasteiger partial charge in [0.15, 0.2) is 5.82 Å². The molecule has 0 atom stereocenters. The molecule has 1 saturated carbocycles. The minimum absolute atomic E-state index is 0.130. The second-order valence-electron chi connectivity index (χ2n) is 7.11. The number of halogens is 1. The number of amides is 2. The molecule has 28 heavy (non-hydrogen) atoms. The van der Waals surface area contributed by atoms with Gasteiger partial charge in [0.1, 0.15) is 18.2 Å². The van der Waals surface area contributed by atoms with Crippen LogP contribution in [0.25, 0.3) is 0 Å². The number of carbonyl (C=O) groups is 1. The summed E-state index contributed by atoms with van der Waals surface area (Å²) in [5.74, 6) is 2.10. The Labute approximate surface area is 167 Å². The van der Waals surface area contributed by atoms with Crippen molar-refractivity contribution in [2.45, 2.75) is 43.9 Å². The predicted molar refractivity (Wildman–Crippen MR) is 105 cm³/mol. The third kappa shape index (κ3) is 4.40. The summed E-state index contributed by atoms with van der Waals surface area (Å²) in [5, 5.41) is 13.8. The molecule has 2 aliphatic rings. The first-order valence-electron chi connectivity index (χ1n) is 9.72. The lowest BCUT2D eigenvalue weighted by atomic mass is 9.89. The van der Waals surface area contributed by atoms with E-state index in [4.69, 9.17) is 4.74 Å². The Morgan fingerprint density at radius 1 is 1.21 bits per heavy atom. The Hall–Kier alpha value is -2.29. The van der Waals surface area contributed by atoms with Crippen molar-refractivity contribution in [3.63, 3.8) is 0 Å². The van der Waals surface area contributed by atoms with Gasteiger partial charge >= 0.3 is 6.03 Å². The number of ether oxygens (including phenoxy) is 1. The van der Waals surface area contributed by atoms with Gasteiger partial charge < -0.3 is 10.1 Å². The molecule has 4 rings (SSSR count). The zero-order valence-electron chi connectivity index (χ0n) is 15.6. The Morgan fingerprint density at radius 2 is 2.00 bits per heavy atom. The summed E-state index contributed by atoms with van der Waals surface area (Å²) >= 11 is 1.56. The van der Waals surface area contributed by atoms with Crippen LogP contribution in [-0.4, -0.2) is 39.7 Å². The van der Waals surface area contributed by atoms with E-state index in [0.717, 1.165) is 5.75 Å². The van der Waals surface area contributed by atoms with Crippen LogP contribution in [0.1, 0.15) is 37.9 Å². The molecule has 0 unspecified atom stereocenters. The minimum Gasteiger partial charge on any atom is -0.486 e. The Bertz CT molecular complexity index is 807. The SMILES string of the molecule is O=C(NCC1CCCCC1)N1CCSc2nnc(COc3ccc(F)cc3)n21. The summed E-state index contributed by atoms with van der Waals surface area (Å²) in [6.45, 7) is 1.43. The highest BCUT2D eigenvalue weighted by Crippen LogP contribution is 2.25. The van der Waals surface area contributed by atoms with Crippen LogP contribution in [0.2, 0.25) is 0 Å². The van der Waals surface area contributed by atoms with Crippen molar-refractivity contribution in [2.75, 3.05) is 23.9 Å². The number of benzene rings is 1. The van der Waals surface area contributed by atoms with E-state index in [1.54, 1.807) is 33.6 Å². The van der Waals surface area contributed by atoms with Crippen LogP contribution >= 0.6 is 11.8 Å². The number of fused-ring (bicyclic) bond motifs is 1. The molecule has 2 heterocycles. The molecule has 1 fully saturated rings. The third-order valence-corrected chi connectivity index (χ3v) is 6.03. The summed E-state index contributed by atoms with van der Waals surface area (Å²) in [6.07, 6.45) is 6.17. The van der Waals surface area contributed by atoms with E-state index in [1.165, 1.54) is 44.2 Å². The van der Waals surface area contributed by atoms with Crippen molar-refractivity contribution in [1.82, 2.24) is 20.2 Å². The van der Waals surface area contributed by atoms with Gasteiger partial charge in [-0.15, -0.1) is 10.2 Å². The lowest BCUT2D eigenvalue weighted by molar-refractivity contribution is 0.232. The molecule has 0 bridgehead atoms. The Kier molecular flexibility index (Phi) is 5.99. The standard InChI is InChI=1S/C19H24FN5O2S/c20-15-6-8-16(9-7-15)27-13-17-22-23-19-25(17)24(10-11-28-19)18(26)21-12-14-4-2-1-3-5-14/h6-9,14H,1-5,10-13H2,(H,21,26). The van der Waals surface area contributed by atoms with Gasteiger partial charge in [0.25, 0.3) is 0 Å². The van der Waals surface area contributed by atoms with Crippen molar-refractivity contribution >= 4 is 17.8 Å². The Morgan fingerprint density at radius 3 is 2.79 bits per heavy atom. The van der Waals surface area contributed by atoms with Gasteiger partial charge in [-0.3, -0.25) is 0 Å². The fourth-order valence-electron chi connectivity index (χ4n) is 3.63. The minimum atomic E-state index is -0.315. The average molecular weight is 405 g/mol. The molecule has 1 aromatic heterocycles. The topological polar surface area (TPSA) is 72.3 Å². The monoisotopic (exact) mass is 405 g/mol. The Balaban J connectivity index is 1.41. The molecule has 0 spiro atoms. The molecule has 1 N–H and O–H groups in total. The summed E-state index contributed by atoms with van der Waals surface area (Å²) in [6, 6.07) is 5.68. The van der Waals surface area contributed by atoms with Crippen molar-refractivity contribution in [1.29, 1.82) is 0 Å². The largest absolute Gasteiger partial charge is 0.486 e. The first-order valence-corrected chi connectivity index (χ1v) is 10.7. The molecule has 9 heteroatoms. The van der Waals surface area contributed by atoms with E-state index in [-0.39, 0.29) is 18.5 Å². The molecule has 1 aliphatic carbocycles. The fraction of sp³-hybridized carbons (Fsp3) is 0.526. The first-order chi connectivity index (χ1) is 13.7. The number of nitrogens with one attached hydrogen (secondary N) is 1. The highest BCUT2D eigenvalue weighted by Gasteiger charge is 2.28. The quantitative estimate of drug-likeness (QED) is 0.826. The van der Waals surface area contributed by atoms with Crippen LogP contribution in [0.4, 0.5) is 9.18 Å². The van der Waals surface area contributed by atoms with E-state index < -0.39 is 0 Å². The maximum absolute atomic E-state index is 13.0. The van der Waals surface area contributed by atoms with Crippen LogP contribution in [-0.2, 0) is 6.61 Å². The van der Waals surface area contributed by atoms with Crippen LogP contribution in [0, 0.1) is 11.7 Å². The molecule has 0 radical (unpaired) electrons. The average Bonchev–Trinajstić information content (AvgIpc) is 3.15. The van der Waals surface area contributed by atoms with Crippen LogP contribution < -0.4 is 15.1 Å². The van der Waals surface area contributed by atoms with Gasteiger partial charge in [-0.25, -0.2) is 18.9 Å². The first kappa shape index (κ1) is 19.0. The van der Waals surface area contributed by atoms with Gasteiger partial charge in [-0.05, 0) is 43.0 Å². The second-order valence-corrected chi connectivity index (χ2v) is 8.18. The van der Waals surface area contributed by atoms with Crippen molar-refractivity contribution in [3.8, 4) is 5.75 Å². The number of rotatable bonds is 5. The molecule has 2 aromatic rings. The van der Waals surface area contributed by atoms with Crippen LogP contribution in [0.3, 0.4) is 0 Å². The molecular weight excluding hydrogens is 381 g/mol. The summed E-state index contributed by atoms with van der Waals surface area (Å²) in [7, 11) is 0. The maximum Gasteiger partial charge on any atom is 0.336 e. The zero-order valence-corrected chi connectivity index (χ0v) is 16.5. The van der Waals surface area contributed by atoms with Crippen molar-refractivity contribution in [2.24, 2.45) is 5.92 Å². The number of aromatic nitrogens is 3. The van der Waals surface area contributed by atoms with Crippen molar-refractivity contribution in [3.05, 3.63) is 35.9 Å². The number of nitrogens with zero attached hydrogens (tertiary/aromatic N) is 4. The highest BCUT2D eigenvalue weighted by molar-refractivity contribution is 7.99. The number of urea groups is 1. The molecule has 150 valence electrons. The van der Waals surface area contributed by atoms with Gasteiger partial charge in [0.05, 0.1) is 6.54 Å². The van der Waals surface area contributed by atoms with E-state index in [2.05, 4.69) is 15.5 Å². The third-order valence-electron chi connectivity index (χ3n) is 5.14. The smallest absolute Gasteiger partial charge is 0.336 e. The normalized spacial score (nSPS) is 17.2. The molecule has 1 aromatic carbocycles. The highest BCUT2D eigenvalue weighted by atomic mass is 32.2. The summed E-state index contributed by atoms with van der Waals surface area (Å²) in [4.78, 5) is 12.8. The fourth-order valence-corrected chi connectivity index (χ4v) is 4.50. The summed E-state index contributed by atoms with van der Waals surface area (Å²) < 4.78 is 20.5. The lowest BCUT2D eigenvalue weighted by Crippen LogP contribution is -2.51.